The summed E-state index contributed by atoms with van der Waals surface area (Å²) >= 11 is 0. The molecule has 2 fully saturated rings. The molecule has 2 N–H and O–H groups in total. The number of likely N-dealkylation sites (N-methyl/N-ethyl adjacent to an activating group) is 1. The Morgan fingerprint density at radius 1 is 1.38 bits per heavy atom. The van der Waals surface area contributed by atoms with Gasteiger partial charge in [-0.25, -0.2) is 9.82 Å². The molecule has 2 aliphatic rings. The average Bonchev–Trinajstić information content (AvgIpc) is 3.19. The van der Waals surface area contributed by atoms with Gasteiger partial charge in [0.25, 0.3) is 0 Å². The highest BCUT2D eigenvalue weighted by atomic mass is 19.1. The van der Waals surface area contributed by atoms with Crippen LogP contribution in [0.4, 0.5) is 4.39 Å². The van der Waals surface area contributed by atoms with Crippen LogP contribution in [0.2, 0.25) is 0 Å². The van der Waals surface area contributed by atoms with Crippen LogP contribution in [0.5, 0.6) is 0 Å². The fourth-order valence-electron chi connectivity index (χ4n) is 4.03. The third-order valence-corrected chi connectivity index (χ3v) is 5.25. The summed E-state index contributed by atoms with van der Waals surface area (Å²) < 4.78 is 13.1. The lowest BCUT2D eigenvalue weighted by molar-refractivity contribution is -0.130. The molecule has 0 bridgehead atoms. The third kappa shape index (κ3) is 3.77. The molecule has 24 heavy (non-hydrogen) atoms. The zero-order valence-corrected chi connectivity index (χ0v) is 14.5. The van der Waals surface area contributed by atoms with Crippen LogP contribution >= 0.6 is 0 Å². The van der Waals surface area contributed by atoms with Crippen LogP contribution in [0.1, 0.15) is 31.9 Å². The van der Waals surface area contributed by atoms with Gasteiger partial charge in [0.15, 0.2) is 0 Å². The summed E-state index contributed by atoms with van der Waals surface area (Å²) in [6.45, 7) is 8.32. The highest BCUT2D eigenvalue weighted by Gasteiger charge is 2.34. The molecule has 0 aromatic heterocycles. The SMILES string of the molecule is CCN(C(C)=O)C1CCN(CC2CNNC2c2ccc(F)cc2)C1. The van der Waals surface area contributed by atoms with E-state index in [1.54, 1.807) is 6.92 Å². The second kappa shape index (κ2) is 7.59. The highest BCUT2D eigenvalue weighted by Crippen LogP contribution is 2.27. The first-order chi connectivity index (χ1) is 11.6. The molecule has 132 valence electrons. The van der Waals surface area contributed by atoms with Crippen molar-refractivity contribution >= 4 is 5.91 Å². The predicted octanol–water partition coefficient (Wildman–Crippen LogP) is 1.53. The maximum Gasteiger partial charge on any atom is 0.219 e. The van der Waals surface area contributed by atoms with Gasteiger partial charge in [-0.2, -0.15) is 0 Å². The molecule has 3 rings (SSSR count). The Morgan fingerprint density at radius 2 is 2.12 bits per heavy atom. The van der Waals surface area contributed by atoms with Crippen molar-refractivity contribution in [3.8, 4) is 0 Å². The molecule has 2 aliphatic heterocycles. The maximum absolute atomic E-state index is 13.1. The standard InChI is InChI=1S/C18H27FN4O/c1-3-23(13(2)24)17-8-9-22(12-17)11-15-10-20-21-18(15)14-4-6-16(19)7-5-14/h4-7,15,17-18,20-21H,3,8-12H2,1-2H3. The van der Waals surface area contributed by atoms with E-state index in [0.717, 1.165) is 44.7 Å². The van der Waals surface area contributed by atoms with E-state index >= 15 is 0 Å². The molecule has 2 saturated heterocycles. The van der Waals surface area contributed by atoms with Gasteiger partial charge in [0.05, 0.1) is 6.04 Å². The van der Waals surface area contributed by atoms with Crippen molar-refractivity contribution < 1.29 is 9.18 Å². The Bertz CT molecular complexity index is 565. The molecule has 0 saturated carbocycles. The molecule has 3 unspecified atom stereocenters. The number of nitrogens with zero attached hydrogens (tertiary/aromatic N) is 2. The van der Waals surface area contributed by atoms with E-state index < -0.39 is 0 Å². The van der Waals surface area contributed by atoms with Crippen LogP contribution in [0.15, 0.2) is 24.3 Å². The van der Waals surface area contributed by atoms with Gasteiger partial charge in [0.2, 0.25) is 5.91 Å². The molecular weight excluding hydrogens is 307 g/mol. The summed E-state index contributed by atoms with van der Waals surface area (Å²) in [7, 11) is 0. The van der Waals surface area contributed by atoms with E-state index in [0.29, 0.717) is 12.0 Å². The quantitative estimate of drug-likeness (QED) is 0.857. The van der Waals surface area contributed by atoms with Crippen molar-refractivity contribution in [2.45, 2.75) is 32.4 Å². The fraction of sp³-hybridized carbons (Fsp3) is 0.611. The van der Waals surface area contributed by atoms with E-state index in [9.17, 15) is 9.18 Å². The first-order valence-corrected chi connectivity index (χ1v) is 8.82. The van der Waals surface area contributed by atoms with Crippen molar-refractivity contribution in [2.24, 2.45) is 5.92 Å². The fourth-order valence-corrected chi connectivity index (χ4v) is 4.03. The predicted molar refractivity (Wildman–Crippen MR) is 91.7 cm³/mol. The zero-order valence-electron chi connectivity index (χ0n) is 14.5. The summed E-state index contributed by atoms with van der Waals surface area (Å²) in [4.78, 5) is 16.2. The number of benzene rings is 1. The number of rotatable bonds is 5. The Morgan fingerprint density at radius 3 is 2.79 bits per heavy atom. The number of halogens is 1. The lowest BCUT2D eigenvalue weighted by Crippen LogP contribution is -2.41. The van der Waals surface area contributed by atoms with Crippen LogP contribution in [-0.4, -0.2) is 54.5 Å². The van der Waals surface area contributed by atoms with Gasteiger partial charge >= 0.3 is 0 Å². The van der Waals surface area contributed by atoms with Crippen molar-refractivity contribution in [3.63, 3.8) is 0 Å². The Kier molecular flexibility index (Phi) is 5.48. The van der Waals surface area contributed by atoms with Crippen LogP contribution < -0.4 is 10.9 Å². The highest BCUT2D eigenvalue weighted by molar-refractivity contribution is 5.73. The Hall–Kier alpha value is -1.50. The lowest BCUT2D eigenvalue weighted by atomic mass is 9.94. The summed E-state index contributed by atoms with van der Waals surface area (Å²) in [5.41, 5.74) is 7.67. The number of hydrogen-bond acceptors (Lipinski definition) is 4. The van der Waals surface area contributed by atoms with Crippen molar-refractivity contribution in [1.29, 1.82) is 0 Å². The molecule has 1 aromatic carbocycles. The molecule has 0 aliphatic carbocycles. The first-order valence-electron chi connectivity index (χ1n) is 8.82. The van der Waals surface area contributed by atoms with Crippen LogP contribution in [0.25, 0.3) is 0 Å². The Balaban J connectivity index is 1.59. The average molecular weight is 334 g/mol. The molecule has 0 radical (unpaired) electrons. The van der Waals surface area contributed by atoms with Gasteiger partial charge in [0.1, 0.15) is 5.82 Å². The largest absolute Gasteiger partial charge is 0.339 e. The Labute approximate surface area is 143 Å². The molecule has 3 atom stereocenters. The smallest absolute Gasteiger partial charge is 0.219 e. The monoisotopic (exact) mass is 334 g/mol. The maximum atomic E-state index is 13.1. The normalized spacial score (nSPS) is 27.5. The number of carbonyl (C=O) groups excluding carboxylic acids is 1. The number of nitrogens with one attached hydrogen (secondary N) is 2. The van der Waals surface area contributed by atoms with Crippen LogP contribution in [0, 0.1) is 11.7 Å². The van der Waals surface area contributed by atoms with Gasteiger partial charge in [-0.1, -0.05) is 12.1 Å². The lowest BCUT2D eigenvalue weighted by Gasteiger charge is -2.28. The van der Waals surface area contributed by atoms with Gasteiger partial charge in [-0.15, -0.1) is 0 Å². The minimum Gasteiger partial charge on any atom is -0.339 e. The van der Waals surface area contributed by atoms with Crippen molar-refractivity contribution in [3.05, 3.63) is 35.6 Å². The number of likely N-dealkylation sites (tertiary alicyclic amines) is 1. The van der Waals surface area contributed by atoms with Crippen molar-refractivity contribution in [2.75, 3.05) is 32.7 Å². The summed E-state index contributed by atoms with van der Waals surface area (Å²) in [6.07, 6.45) is 1.04. The van der Waals surface area contributed by atoms with Crippen molar-refractivity contribution in [1.82, 2.24) is 20.7 Å². The summed E-state index contributed by atoms with van der Waals surface area (Å²) in [5.74, 6) is 0.395. The zero-order chi connectivity index (χ0) is 17.1. The van der Waals surface area contributed by atoms with Gasteiger partial charge in [-0.3, -0.25) is 10.2 Å². The number of hydrazine groups is 1. The first kappa shape index (κ1) is 17.3. The molecule has 5 nitrogen and oxygen atoms in total. The minimum absolute atomic E-state index is 0.165. The number of hydrogen-bond donors (Lipinski definition) is 2. The molecule has 0 spiro atoms. The molecule has 1 aromatic rings. The van der Waals surface area contributed by atoms with Gasteiger partial charge < -0.3 is 9.80 Å². The molecule has 2 heterocycles. The summed E-state index contributed by atoms with van der Waals surface area (Å²) in [5, 5.41) is 0. The minimum atomic E-state index is -0.201. The second-order valence-electron chi connectivity index (χ2n) is 6.82. The molecular formula is C18H27FN4O. The van der Waals surface area contributed by atoms with Gasteiger partial charge in [-0.05, 0) is 31.0 Å². The van der Waals surface area contributed by atoms with Crippen LogP contribution in [-0.2, 0) is 4.79 Å². The van der Waals surface area contributed by atoms with Crippen LogP contribution in [0.3, 0.4) is 0 Å². The second-order valence-corrected chi connectivity index (χ2v) is 6.82. The number of amides is 1. The molecule has 6 heteroatoms. The van der Waals surface area contributed by atoms with E-state index in [2.05, 4.69) is 15.8 Å². The van der Waals surface area contributed by atoms with E-state index in [1.807, 2.05) is 24.0 Å². The third-order valence-electron chi connectivity index (χ3n) is 5.25. The topological polar surface area (TPSA) is 47.6 Å². The molecule has 1 amide bonds. The van der Waals surface area contributed by atoms with E-state index in [1.165, 1.54) is 12.1 Å². The van der Waals surface area contributed by atoms with E-state index in [4.69, 9.17) is 0 Å². The van der Waals surface area contributed by atoms with Gasteiger partial charge in [0, 0.05) is 51.6 Å². The van der Waals surface area contributed by atoms with E-state index in [-0.39, 0.29) is 17.8 Å². The number of carbonyl (C=O) groups is 1. The summed E-state index contributed by atoms with van der Waals surface area (Å²) in [6, 6.07) is 7.27.